The Morgan fingerprint density at radius 2 is 1.96 bits per heavy atom. The van der Waals surface area contributed by atoms with Gasteiger partial charge in [-0.1, -0.05) is 6.92 Å². The number of amides is 1. The van der Waals surface area contributed by atoms with Crippen molar-refractivity contribution in [1.29, 1.82) is 0 Å². The SMILES string of the molecule is CC[C@@H]1CCCCN1C(=O)CCc1c(C)nc2nc(C(F)(F)F)nn2c1C. The van der Waals surface area contributed by atoms with Crippen molar-refractivity contribution in [1.82, 2.24) is 24.5 Å². The molecule has 1 fully saturated rings. The number of carbonyl (C=O) groups excluding carboxylic acids is 1. The third-order valence-electron chi connectivity index (χ3n) is 5.31. The molecule has 2 aromatic rings. The van der Waals surface area contributed by atoms with E-state index in [1.54, 1.807) is 13.8 Å². The van der Waals surface area contributed by atoms with E-state index >= 15 is 0 Å². The van der Waals surface area contributed by atoms with Gasteiger partial charge in [-0.2, -0.15) is 18.2 Å². The lowest BCUT2D eigenvalue weighted by Gasteiger charge is -2.35. The van der Waals surface area contributed by atoms with Crippen molar-refractivity contribution in [2.24, 2.45) is 0 Å². The van der Waals surface area contributed by atoms with Gasteiger partial charge in [0, 0.05) is 30.4 Å². The molecular weight excluding hydrogens is 359 g/mol. The maximum Gasteiger partial charge on any atom is 0.453 e. The molecule has 0 bridgehead atoms. The fourth-order valence-electron chi connectivity index (χ4n) is 3.82. The first-order valence-electron chi connectivity index (χ1n) is 9.32. The van der Waals surface area contributed by atoms with Crippen LogP contribution in [-0.2, 0) is 17.4 Å². The number of hydrogen-bond donors (Lipinski definition) is 0. The van der Waals surface area contributed by atoms with E-state index < -0.39 is 12.0 Å². The summed E-state index contributed by atoms with van der Waals surface area (Å²) in [5.41, 5.74) is 1.87. The van der Waals surface area contributed by atoms with E-state index in [2.05, 4.69) is 22.0 Å². The van der Waals surface area contributed by atoms with Crippen LogP contribution in [0.25, 0.3) is 5.78 Å². The highest BCUT2D eigenvalue weighted by atomic mass is 19.4. The van der Waals surface area contributed by atoms with Gasteiger partial charge in [0.05, 0.1) is 0 Å². The molecule has 0 aromatic carbocycles. The predicted molar refractivity (Wildman–Crippen MR) is 93.2 cm³/mol. The van der Waals surface area contributed by atoms with Gasteiger partial charge >= 0.3 is 6.18 Å². The first-order chi connectivity index (χ1) is 12.7. The van der Waals surface area contributed by atoms with Crippen LogP contribution >= 0.6 is 0 Å². The van der Waals surface area contributed by atoms with Gasteiger partial charge in [-0.15, -0.1) is 5.10 Å². The Morgan fingerprint density at radius 3 is 2.63 bits per heavy atom. The van der Waals surface area contributed by atoms with E-state index in [1.807, 2.05) is 4.90 Å². The average Bonchev–Trinajstić information content (AvgIpc) is 3.05. The second-order valence-corrected chi connectivity index (χ2v) is 7.05. The highest BCUT2D eigenvalue weighted by molar-refractivity contribution is 5.77. The van der Waals surface area contributed by atoms with Crippen LogP contribution in [-0.4, -0.2) is 43.0 Å². The van der Waals surface area contributed by atoms with Crippen LogP contribution in [0.15, 0.2) is 0 Å². The summed E-state index contributed by atoms with van der Waals surface area (Å²) in [6.45, 7) is 6.28. The van der Waals surface area contributed by atoms with Gasteiger partial charge in [0.15, 0.2) is 0 Å². The number of alkyl halides is 3. The number of likely N-dealkylation sites (tertiary alicyclic amines) is 1. The van der Waals surface area contributed by atoms with Crippen molar-refractivity contribution < 1.29 is 18.0 Å². The predicted octanol–water partition coefficient (Wildman–Crippen LogP) is 3.48. The number of rotatable bonds is 4. The smallest absolute Gasteiger partial charge is 0.340 e. The van der Waals surface area contributed by atoms with E-state index in [-0.39, 0.29) is 11.7 Å². The molecule has 0 spiro atoms. The fourth-order valence-corrected chi connectivity index (χ4v) is 3.82. The summed E-state index contributed by atoms with van der Waals surface area (Å²) >= 11 is 0. The van der Waals surface area contributed by atoms with Gasteiger partial charge < -0.3 is 4.90 Å². The number of nitrogens with zero attached hydrogens (tertiary/aromatic N) is 5. The highest BCUT2D eigenvalue weighted by Crippen LogP contribution is 2.27. The van der Waals surface area contributed by atoms with Crippen molar-refractivity contribution in [2.45, 2.75) is 71.5 Å². The average molecular weight is 383 g/mol. The monoisotopic (exact) mass is 383 g/mol. The fraction of sp³-hybridized carbons (Fsp3) is 0.667. The topological polar surface area (TPSA) is 63.4 Å². The normalized spacial score (nSPS) is 18.3. The van der Waals surface area contributed by atoms with E-state index in [1.165, 1.54) is 0 Å². The summed E-state index contributed by atoms with van der Waals surface area (Å²) in [7, 11) is 0. The molecule has 2 aromatic heterocycles. The number of halogens is 3. The van der Waals surface area contributed by atoms with Gasteiger partial charge in [0.2, 0.25) is 5.91 Å². The summed E-state index contributed by atoms with van der Waals surface area (Å²) < 4.78 is 39.7. The van der Waals surface area contributed by atoms with Crippen LogP contribution < -0.4 is 0 Å². The zero-order valence-corrected chi connectivity index (χ0v) is 15.8. The van der Waals surface area contributed by atoms with Crippen molar-refractivity contribution in [3.05, 3.63) is 22.8 Å². The largest absolute Gasteiger partial charge is 0.453 e. The molecule has 6 nitrogen and oxygen atoms in total. The van der Waals surface area contributed by atoms with Crippen molar-refractivity contribution >= 4 is 11.7 Å². The third kappa shape index (κ3) is 3.91. The maximum absolute atomic E-state index is 12.9. The number of fused-ring (bicyclic) bond motifs is 1. The Labute approximate surface area is 155 Å². The van der Waals surface area contributed by atoms with Crippen LogP contribution in [0, 0.1) is 13.8 Å². The van der Waals surface area contributed by atoms with E-state index in [0.717, 1.165) is 42.3 Å². The molecule has 0 aliphatic carbocycles. The Bertz CT molecular complexity index is 846. The van der Waals surface area contributed by atoms with Crippen LogP contribution in [0.4, 0.5) is 13.2 Å². The molecule has 3 heterocycles. The lowest BCUT2D eigenvalue weighted by molar-refractivity contribution is -0.144. The molecule has 0 N–H and O–H groups in total. The minimum absolute atomic E-state index is 0.0746. The first kappa shape index (κ1) is 19.6. The number of piperidine rings is 1. The summed E-state index contributed by atoms with van der Waals surface area (Å²) in [5, 5.41) is 3.55. The summed E-state index contributed by atoms with van der Waals surface area (Å²) in [6, 6.07) is 0.290. The summed E-state index contributed by atoms with van der Waals surface area (Å²) in [5.74, 6) is -1.19. The molecule has 148 valence electrons. The van der Waals surface area contributed by atoms with Crippen molar-refractivity contribution in [3.63, 3.8) is 0 Å². The molecule has 0 saturated carbocycles. The van der Waals surface area contributed by atoms with E-state index in [4.69, 9.17) is 0 Å². The molecule has 0 unspecified atom stereocenters. The Morgan fingerprint density at radius 1 is 1.22 bits per heavy atom. The molecule has 1 atom stereocenters. The molecule has 1 aliphatic heterocycles. The highest BCUT2D eigenvalue weighted by Gasteiger charge is 2.37. The number of carbonyl (C=O) groups is 1. The van der Waals surface area contributed by atoms with Crippen LogP contribution in [0.5, 0.6) is 0 Å². The standard InChI is InChI=1S/C18H24F3N5O/c1-4-13-7-5-6-10-25(13)15(27)9-8-14-11(2)22-17-23-16(18(19,20)21)24-26(17)12(14)3/h13H,4-10H2,1-3H3/t13-/m1/s1. The summed E-state index contributed by atoms with van der Waals surface area (Å²) in [6.07, 6.45) is 0.263. The summed E-state index contributed by atoms with van der Waals surface area (Å²) in [4.78, 5) is 22.3. The van der Waals surface area contributed by atoms with Gasteiger partial charge in [0.1, 0.15) is 0 Å². The molecule has 1 amide bonds. The number of aryl methyl sites for hydroxylation is 2. The zero-order chi connectivity index (χ0) is 19.8. The Balaban J connectivity index is 1.81. The lowest BCUT2D eigenvalue weighted by atomic mass is 9.98. The minimum atomic E-state index is -4.62. The minimum Gasteiger partial charge on any atom is -0.340 e. The molecule has 1 aliphatic rings. The van der Waals surface area contributed by atoms with Gasteiger partial charge in [-0.25, -0.2) is 9.50 Å². The van der Waals surface area contributed by atoms with Crippen LogP contribution in [0.1, 0.15) is 61.8 Å². The molecule has 3 rings (SSSR count). The van der Waals surface area contributed by atoms with Gasteiger partial charge in [-0.3, -0.25) is 4.79 Å². The maximum atomic E-state index is 12.9. The van der Waals surface area contributed by atoms with E-state index in [0.29, 0.717) is 30.3 Å². The van der Waals surface area contributed by atoms with Crippen molar-refractivity contribution in [3.8, 4) is 0 Å². The second kappa shape index (κ2) is 7.44. The number of aromatic nitrogens is 4. The molecule has 27 heavy (non-hydrogen) atoms. The Hall–Kier alpha value is -2.19. The van der Waals surface area contributed by atoms with Crippen molar-refractivity contribution in [2.75, 3.05) is 6.54 Å². The van der Waals surface area contributed by atoms with E-state index in [9.17, 15) is 18.0 Å². The van der Waals surface area contributed by atoms with Gasteiger partial charge in [0.25, 0.3) is 11.6 Å². The molecule has 1 saturated heterocycles. The first-order valence-corrected chi connectivity index (χ1v) is 9.32. The lowest BCUT2D eigenvalue weighted by Crippen LogP contribution is -2.43. The third-order valence-corrected chi connectivity index (χ3v) is 5.31. The number of hydrogen-bond acceptors (Lipinski definition) is 4. The quantitative estimate of drug-likeness (QED) is 0.811. The van der Waals surface area contributed by atoms with Crippen LogP contribution in [0.2, 0.25) is 0 Å². The molecule has 0 radical (unpaired) electrons. The Kier molecular flexibility index (Phi) is 5.39. The molecule has 9 heteroatoms. The van der Waals surface area contributed by atoms with Crippen LogP contribution in [0.3, 0.4) is 0 Å². The van der Waals surface area contributed by atoms with Gasteiger partial charge in [-0.05, 0) is 51.5 Å². The zero-order valence-electron chi connectivity index (χ0n) is 15.8. The second-order valence-electron chi connectivity index (χ2n) is 7.05. The molecular formula is C18H24F3N5O.